The van der Waals surface area contributed by atoms with Crippen molar-refractivity contribution in [2.24, 2.45) is 5.73 Å². The maximum Gasteiger partial charge on any atom is 0.129 e. The summed E-state index contributed by atoms with van der Waals surface area (Å²) in [6, 6.07) is 3.25. The number of benzene rings is 1. The molecule has 3 heteroatoms. The number of hydrogen-bond acceptors (Lipinski definition) is 2. The minimum Gasteiger partial charge on any atom is -0.384 e. The van der Waals surface area contributed by atoms with Gasteiger partial charge in [-0.3, -0.25) is 0 Å². The highest BCUT2D eigenvalue weighted by atomic mass is 19.1. The molecule has 0 aromatic heterocycles. The molecule has 0 aliphatic heterocycles. The number of hydrogen-bond donors (Lipinski definition) is 2. The number of rotatable bonds is 2. The van der Waals surface area contributed by atoms with Crippen molar-refractivity contribution in [3.8, 4) is 0 Å². The topological polar surface area (TPSA) is 46.2 Å². The van der Waals surface area contributed by atoms with Crippen molar-refractivity contribution in [2.75, 3.05) is 6.54 Å². The predicted octanol–water partition coefficient (Wildman–Crippen LogP) is 1.61. The Kier molecular flexibility index (Phi) is 2.92. The van der Waals surface area contributed by atoms with Gasteiger partial charge in [0.25, 0.3) is 0 Å². The van der Waals surface area contributed by atoms with Crippen LogP contribution in [0.15, 0.2) is 12.1 Å². The van der Waals surface area contributed by atoms with Gasteiger partial charge in [0, 0.05) is 12.1 Å². The van der Waals surface area contributed by atoms with Gasteiger partial charge in [0.1, 0.15) is 11.4 Å². The van der Waals surface area contributed by atoms with Crippen molar-refractivity contribution < 1.29 is 9.50 Å². The molecule has 0 bridgehead atoms. The maximum atomic E-state index is 13.6. The van der Waals surface area contributed by atoms with Gasteiger partial charge in [0.05, 0.1) is 0 Å². The smallest absolute Gasteiger partial charge is 0.129 e. The molecule has 0 spiro atoms. The average molecular weight is 197 g/mol. The summed E-state index contributed by atoms with van der Waals surface area (Å²) in [6.45, 7) is 5.12. The van der Waals surface area contributed by atoms with Gasteiger partial charge < -0.3 is 10.8 Å². The molecule has 0 aliphatic carbocycles. The second-order valence-electron chi connectivity index (χ2n) is 3.92. The van der Waals surface area contributed by atoms with Gasteiger partial charge in [0.2, 0.25) is 0 Å². The minimum atomic E-state index is -1.29. The maximum absolute atomic E-state index is 13.6. The molecule has 1 aromatic carbocycles. The normalized spacial score (nSPS) is 15.3. The van der Waals surface area contributed by atoms with Gasteiger partial charge in [-0.05, 0) is 38.0 Å². The number of halogens is 1. The van der Waals surface area contributed by atoms with Crippen molar-refractivity contribution >= 4 is 0 Å². The molecule has 1 atom stereocenters. The first-order chi connectivity index (χ1) is 6.38. The summed E-state index contributed by atoms with van der Waals surface area (Å²) in [6.07, 6.45) is 0. The molecule has 1 aromatic rings. The minimum absolute atomic E-state index is 0.00776. The Bertz CT molecular complexity index is 324. The van der Waals surface area contributed by atoms with E-state index in [0.29, 0.717) is 5.56 Å². The van der Waals surface area contributed by atoms with Crippen LogP contribution in [0.2, 0.25) is 0 Å². The van der Waals surface area contributed by atoms with Crippen LogP contribution >= 0.6 is 0 Å². The molecule has 1 unspecified atom stereocenters. The summed E-state index contributed by atoms with van der Waals surface area (Å²) in [7, 11) is 0. The van der Waals surface area contributed by atoms with E-state index in [4.69, 9.17) is 5.73 Å². The average Bonchev–Trinajstić information content (AvgIpc) is 2.01. The highest BCUT2D eigenvalue weighted by Crippen LogP contribution is 2.26. The lowest BCUT2D eigenvalue weighted by molar-refractivity contribution is 0.0622. The van der Waals surface area contributed by atoms with Gasteiger partial charge >= 0.3 is 0 Å². The first kappa shape index (κ1) is 11.1. The molecule has 2 nitrogen and oxygen atoms in total. The third-order valence-electron chi connectivity index (χ3n) is 2.37. The Morgan fingerprint density at radius 2 is 2.00 bits per heavy atom. The lowest BCUT2D eigenvalue weighted by Crippen LogP contribution is -2.33. The first-order valence-corrected chi connectivity index (χ1v) is 4.58. The summed E-state index contributed by atoms with van der Waals surface area (Å²) in [5.41, 5.74) is 5.98. The molecule has 0 amide bonds. The molecule has 3 N–H and O–H groups in total. The van der Waals surface area contributed by atoms with E-state index in [0.717, 1.165) is 11.1 Å². The Morgan fingerprint density at radius 1 is 1.43 bits per heavy atom. The van der Waals surface area contributed by atoms with Gasteiger partial charge in [0.15, 0.2) is 0 Å². The number of aryl methyl sites for hydroxylation is 2. The molecular formula is C11H16FNO. The summed E-state index contributed by atoms with van der Waals surface area (Å²) >= 11 is 0. The molecular weight excluding hydrogens is 181 g/mol. The van der Waals surface area contributed by atoms with E-state index in [2.05, 4.69) is 0 Å². The molecule has 0 aliphatic rings. The quantitative estimate of drug-likeness (QED) is 0.756. The van der Waals surface area contributed by atoms with Crippen molar-refractivity contribution in [1.82, 2.24) is 0 Å². The zero-order valence-corrected chi connectivity index (χ0v) is 8.76. The van der Waals surface area contributed by atoms with Crippen LogP contribution in [-0.2, 0) is 5.60 Å². The van der Waals surface area contributed by atoms with E-state index in [9.17, 15) is 9.50 Å². The number of nitrogens with two attached hydrogens (primary N) is 1. The molecule has 0 radical (unpaired) electrons. The van der Waals surface area contributed by atoms with Crippen LogP contribution in [0.5, 0.6) is 0 Å². The van der Waals surface area contributed by atoms with Crippen molar-refractivity contribution in [3.63, 3.8) is 0 Å². The molecule has 0 heterocycles. The summed E-state index contributed by atoms with van der Waals surface area (Å²) in [4.78, 5) is 0. The molecule has 14 heavy (non-hydrogen) atoms. The van der Waals surface area contributed by atoms with Crippen molar-refractivity contribution in [1.29, 1.82) is 0 Å². The Hall–Kier alpha value is -0.930. The van der Waals surface area contributed by atoms with Gasteiger partial charge in [-0.1, -0.05) is 6.07 Å². The van der Waals surface area contributed by atoms with Gasteiger partial charge in [-0.15, -0.1) is 0 Å². The second kappa shape index (κ2) is 3.67. The van der Waals surface area contributed by atoms with Crippen LogP contribution in [0.3, 0.4) is 0 Å². The van der Waals surface area contributed by atoms with Crippen LogP contribution in [0.1, 0.15) is 23.6 Å². The third kappa shape index (κ3) is 1.94. The molecule has 0 saturated heterocycles. The van der Waals surface area contributed by atoms with Crippen LogP contribution < -0.4 is 5.73 Å². The number of aliphatic hydroxyl groups is 1. The molecule has 0 saturated carbocycles. The summed E-state index contributed by atoms with van der Waals surface area (Å²) < 4.78 is 13.6. The van der Waals surface area contributed by atoms with E-state index in [1.165, 1.54) is 13.0 Å². The zero-order valence-electron chi connectivity index (χ0n) is 8.76. The van der Waals surface area contributed by atoms with Crippen LogP contribution in [0.25, 0.3) is 0 Å². The van der Waals surface area contributed by atoms with E-state index in [1.807, 2.05) is 13.0 Å². The lowest BCUT2D eigenvalue weighted by Gasteiger charge is -2.24. The predicted molar refractivity (Wildman–Crippen MR) is 54.5 cm³/mol. The third-order valence-corrected chi connectivity index (χ3v) is 2.37. The van der Waals surface area contributed by atoms with E-state index < -0.39 is 11.4 Å². The fourth-order valence-electron chi connectivity index (χ4n) is 1.70. The Morgan fingerprint density at radius 3 is 2.43 bits per heavy atom. The highest BCUT2D eigenvalue weighted by molar-refractivity contribution is 5.36. The first-order valence-electron chi connectivity index (χ1n) is 4.58. The summed E-state index contributed by atoms with van der Waals surface area (Å²) in [5.74, 6) is -0.391. The van der Waals surface area contributed by atoms with Crippen LogP contribution in [0, 0.1) is 19.7 Å². The van der Waals surface area contributed by atoms with Gasteiger partial charge in [-0.25, -0.2) is 4.39 Å². The second-order valence-corrected chi connectivity index (χ2v) is 3.92. The van der Waals surface area contributed by atoms with E-state index in [1.54, 1.807) is 6.92 Å². The van der Waals surface area contributed by atoms with Crippen LogP contribution in [0.4, 0.5) is 4.39 Å². The standard InChI is InChI=1S/C11H16FNO/c1-7-4-8(2)10(9(12)5-7)11(3,14)6-13/h4-5,14H,6,13H2,1-3H3. The van der Waals surface area contributed by atoms with Gasteiger partial charge in [-0.2, -0.15) is 0 Å². The molecule has 78 valence electrons. The van der Waals surface area contributed by atoms with E-state index in [-0.39, 0.29) is 6.54 Å². The van der Waals surface area contributed by atoms with E-state index >= 15 is 0 Å². The monoisotopic (exact) mass is 197 g/mol. The fraction of sp³-hybridized carbons (Fsp3) is 0.455. The lowest BCUT2D eigenvalue weighted by atomic mass is 9.90. The molecule has 1 rings (SSSR count). The SMILES string of the molecule is Cc1cc(C)c(C(C)(O)CN)c(F)c1. The Labute approximate surface area is 83.6 Å². The largest absolute Gasteiger partial charge is 0.384 e. The van der Waals surface area contributed by atoms with Crippen LogP contribution in [-0.4, -0.2) is 11.7 Å². The summed E-state index contributed by atoms with van der Waals surface area (Å²) in [5, 5.41) is 9.88. The zero-order chi connectivity index (χ0) is 10.9. The fourth-order valence-corrected chi connectivity index (χ4v) is 1.70. The highest BCUT2D eigenvalue weighted by Gasteiger charge is 2.26. The van der Waals surface area contributed by atoms with Crippen molar-refractivity contribution in [3.05, 3.63) is 34.6 Å². The van der Waals surface area contributed by atoms with Crippen molar-refractivity contribution in [2.45, 2.75) is 26.4 Å². The molecule has 0 fully saturated rings. The Balaban J connectivity index is 3.35.